The maximum Gasteiger partial charge on any atom is 0.242 e. The summed E-state index contributed by atoms with van der Waals surface area (Å²) in [5, 5.41) is 30.7. The summed E-state index contributed by atoms with van der Waals surface area (Å²) in [6.45, 7) is 4.39. The van der Waals surface area contributed by atoms with E-state index in [4.69, 9.17) is 16.3 Å². The van der Waals surface area contributed by atoms with Gasteiger partial charge in [0.15, 0.2) is 11.5 Å². The van der Waals surface area contributed by atoms with Gasteiger partial charge in [-0.25, -0.2) is 10.9 Å². The Balaban J connectivity index is 1.80. The van der Waals surface area contributed by atoms with Gasteiger partial charge in [0.05, 0.1) is 18.7 Å². The number of hydrogen-bond donors (Lipinski definition) is 5. The highest BCUT2D eigenvalue weighted by atomic mass is 35.5. The lowest BCUT2D eigenvalue weighted by Crippen LogP contribution is -2.41. The normalized spacial score (nSPS) is 24.8. The molecule has 5 N–H and O–H groups in total. The lowest BCUT2D eigenvalue weighted by atomic mass is 9.83. The number of ether oxygens (including phenoxy) is 1. The summed E-state index contributed by atoms with van der Waals surface area (Å²) in [6, 6.07) is 7.16. The molecular weight excluding hydrogens is 434 g/mol. The number of nitrogens with one attached hydrogen (secondary N) is 2. The molecule has 4 atom stereocenters. The number of aromatic hydroxyl groups is 2. The van der Waals surface area contributed by atoms with Gasteiger partial charge in [-0.1, -0.05) is 17.7 Å². The molecule has 2 aliphatic heterocycles. The number of benzene rings is 2. The standard InChI is InChI=1S/C23H28ClN3O5/c1-3-32-18-10-13(5-6-16(18)29)22-19-20(14-11-15(24)12(2)9-17(14)30)25-26-21(19)23(31)27(22)7-4-8-28/h5-6,9-11,19-22,25-26,28-30H,3-4,7-8H2,1-2H3. The minimum atomic E-state index is -0.521. The summed E-state index contributed by atoms with van der Waals surface area (Å²) < 4.78 is 5.57. The number of phenolic OH excluding ortho intramolecular Hbond substituents is 2. The number of carbonyl (C=O) groups is 1. The Kier molecular flexibility index (Phi) is 6.48. The fourth-order valence-electron chi connectivity index (χ4n) is 4.77. The van der Waals surface area contributed by atoms with E-state index in [0.29, 0.717) is 35.9 Å². The van der Waals surface area contributed by atoms with Crippen molar-refractivity contribution in [1.82, 2.24) is 15.8 Å². The summed E-state index contributed by atoms with van der Waals surface area (Å²) in [4.78, 5) is 15.1. The third kappa shape index (κ3) is 3.88. The molecule has 0 spiro atoms. The van der Waals surface area contributed by atoms with Gasteiger partial charge in [0, 0.05) is 29.7 Å². The molecule has 2 heterocycles. The molecule has 2 aromatic carbocycles. The number of nitrogens with zero attached hydrogens (tertiary/aromatic N) is 1. The van der Waals surface area contributed by atoms with Crippen molar-refractivity contribution in [2.45, 2.75) is 38.4 Å². The van der Waals surface area contributed by atoms with E-state index < -0.39 is 12.1 Å². The average molecular weight is 462 g/mol. The predicted octanol–water partition coefficient (Wildman–Crippen LogP) is 2.56. The second-order valence-corrected chi connectivity index (χ2v) is 8.60. The fraction of sp³-hybridized carbons (Fsp3) is 0.435. The van der Waals surface area contributed by atoms with E-state index in [1.165, 1.54) is 0 Å². The molecule has 0 saturated carbocycles. The van der Waals surface area contributed by atoms with Gasteiger partial charge in [-0.3, -0.25) is 4.79 Å². The van der Waals surface area contributed by atoms with Gasteiger partial charge in [-0.2, -0.15) is 0 Å². The van der Waals surface area contributed by atoms with Crippen LogP contribution in [0, 0.1) is 12.8 Å². The molecule has 0 bridgehead atoms. The Morgan fingerprint density at radius 2 is 1.88 bits per heavy atom. The third-order valence-electron chi connectivity index (χ3n) is 6.24. The zero-order valence-electron chi connectivity index (χ0n) is 18.0. The SMILES string of the molecule is CCOc1cc(C2C3C(NNC3c3cc(Cl)c(C)cc3O)C(=O)N2CCCO)ccc1O. The lowest BCUT2D eigenvalue weighted by molar-refractivity contribution is -0.130. The maximum absolute atomic E-state index is 13.3. The molecule has 1 amide bonds. The number of aliphatic hydroxyl groups excluding tert-OH is 1. The van der Waals surface area contributed by atoms with E-state index in [1.54, 1.807) is 35.2 Å². The number of halogens is 1. The van der Waals surface area contributed by atoms with Crippen LogP contribution in [0.5, 0.6) is 17.2 Å². The number of phenols is 2. The molecule has 32 heavy (non-hydrogen) atoms. The first-order valence-electron chi connectivity index (χ1n) is 10.7. The van der Waals surface area contributed by atoms with Gasteiger partial charge in [0.1, 0.15) is 11.8 Å². The van der Waals surface area contributed by atoms with E-state index in [-0.39, 0.29) is 36.0 Å². The van der Waals surface area contributed by atoms with Crippen molar-refractivity contribution in [2.75, 3.05) is 19.8 Å². The van der Waals surface area contributed by atoms with E-state index in [1.807, 2.05) is 13.8 Å². The topological polar surface area (TPSA) is 114 Å². The van der Waals surface area contributed by atoms with E-state index in [9.17, 15) is 20.1 Å². The first-order chi connectivity index (χ1) is 15.4. The number of rotatable bonds is 7. The maximum atomic E-state index is 13.3. The van der Waals surface area contributed by atoms with Gasteiger partial charge >= 0.3 is 0 Å². The van der Waals surface area contributed by atoms with Gasteiger partial charge in [0.25, 0.3) is 0 Å². The molecular formula is C23H28ClN3O5. The first kappa shape index (κ1) is 22.7. The zero-order valence-corrected chi connectivity index (χ0v) is 18.8. The molecule has 0 aliphatic carbocycles. The zero-order chi connectivity index (χ0) is 23.0. The fourth-order valence-corrected chi connectivity index (χ4v) is 4.95. The van der Waals surface area contributed by atoms with Gasteiger partial charge < -0.3 is 25.0 Å². The van der Waals surface area contributed by atoms with Crippen LogP contribution in [0.4, 0.5) is 0 Å². The Bertz CT molecular complexity index is 1020. The molecule has 172 valence electrons. The molecule has 4 rings (SSSR count). The smallest absolute Gasteiger partial charge is 0.242 e. The van der Waals surface area contributed by atoms with Crippen LogP contribution in [-0.4, -0.2) is 51.9 Å². The Morgan fingerprint density at radius 1 is 1.12 bits per heavy atom. The van der Waals surface area contributed by atoms with Crippen molar-refractivity contribution in [3.63, 3.8) is 0 Å². The summed E-state index contributed by atoms with van der Waals surface area (Å²) in [7, 11) is 0. The number of aliphatic hydroxyl groups is 1. The molecule has 2 aliphatic rings. The van der Waals surface area contributed by atoms with E-state index in [2.05, 4.69) is 10.9 Å². The quantitative estimate of drug-likeness (QED) is 0.430. The van der Waals surface area contributed by atoms with Crippen LogP contribution in [0.2, 0.25) is 5.02 Å². The van der Waals surface area contributed by atoms with Crippen molar-refractivity contribution in [3.8, 4) is 17.2 Å². The summed E-state index contributed by atoms with van der Waals surface area (Å²) in [6.07, 6.45) is 0.442. The average Bonchev–Trinajstić information content (AvgIpc) is 3.30. The molecule has 0 aromatic heterocycles. The van der Waals surface area contributed by atoms with Gasteiger partial charge in [-0.15, -0.1) is 0 Å². The number of amides is 1. The molecule has 8 nitrogen and oxygen atoms in total. The second kappa shape index (κ2) is 9.15. The van der Waals surface area contributed by atoms with E-state index >= 15 is 0 Å². The second-order valence-electron chi connectivity index (χ2n) is 8.20. The molecule has 4 unspecified atom stereocenters. The van der Waals surface area contributed by atoms with Crippen molar-refractivity contribution < 1.29 is 24.9 Å². The van der Waals surface area contributed by atoms with Crippen LogP contribution < -0.4 is 15.6 Å². The molecule has 2 aromatic rings. The highest BCUT2D eigenvalue weighted by molar-refractivity contribution is 6.31. The Labute approximate surface area is 191 Å². The van der Waals surface area contributed by atoms with Crippen LogP contribution in [0.1, 0.15) is 42.1 Å². The summed E-state index contributed by atoms with van der Waals surface area (Å²) in [5.41, 5.74) is 8.44. The predicted molar refractivity (Wildman–Crippen MR) is 120 cm³/mol. The van der Waals surface area contributed by atoms with Crippen LogP contribution in [0.15, 0.2) is 30.3 Å². The number of hydrazine groups is 1. The molecule has 0 radical (unpaired) electrons. The highest BCUT2D eigenvalue weighted by Gasteiger charge is 2.55. The molecule has 9 heteroatoms. The minimum absolute atomic E-state index is 0.0283. The largest absolute Gasteiger partial charge is 0.508 e. The van der Waals surface area contributed by atoms with E-state index in [0.717, 1.165) is 11.1 Å². The Hall–Kier alpha value is -2.52. The number of hydrogen-bond acceptors (Lipinski definition) is 7. The number of likely N-dealkylation sites (tertiary alicyclic amines) is 1. The lowest BCUT2D eigenvalue weighted by Gasteiger charge is -2.31. The van der Waals surface area contributed by atoms with Crippen LogP contribution >= 0.6 is 11.6 Å². The van der Waals surface area contributed by atoms with Gasteiger partial charge in [-0.05, 0) is 55.7 Å². The summed E-state index contributed by atoms with van der Waals surface area (Å²) in [5.74, 6) is 0.116. The third-order valence-corrected chi connectivity index (χ3v) is 6.65. The first-order valence-corrected chi connectivity index (χ1v) is 11.1. The van der Waals surface area contributed by atoms with Crippen molar-refractivity contribution >= 4 is 17.5 Å². The van der Waals surface area contributed by atoms with Crippen molar-refractivity contribution in [2.24, 2.45) is 5.92 Å². The van der Waals surface area contributed by atoms with Crippen LogP contribution in [0.25, 0.3) is 0 Å². The Morgan fingerprint density at radius 3 is 2.59 bits per heavy atom. The molecule has 2 fully saturated rings. The highest BCUT2D eigenvalue weighted by Crippen LogP contribution is 2.50. The number of fused-ring (bicyclic) bond motifs is 1. The van der Waals surface area contributed by atoms with Crippen molar-refractivity contribution in [3.05, 3.63) is 52.0 Å². The van der Waals surface area contributed by atoms with Crippen molar-refractivity contribution in [1.29, 1.82) is 0 Å². The van der Waals surface area contributed by atoms with Gasteiger partial charge in [0.2, 0.25) is 5.91 Å². The monoisotopic (exact) mass is 461 g/mol. The molecule has 2 saturated heterocycles. The minimum Gasteiger partial charge on any atom is -0.508 e. The number of aryl methyl sites for hydroxylation is 1. The number of carbonyl (C=O) groups excluding carboxylic acids is 1. The van der Waals surface area contributed by atoms with Crippen LogP contribution in [-0.2, 0) is 4.79 Å². The summed E-state index contributed by atoms with van der Waals surface area (Å²) >= 11 is 6.35. The van der Waals surface area contributed by atoms with Crippen LogP contribution in [0.3, 0.4) is 0 Å².